The monoisotopic (exact) mass is 295 g/mol. The predicted molar refractivity (Wildman–Crippen MR) is 74.3 cm³/mol. The van der Waals surface area contributed by atoms with Crippen LogP contribution in [0.15, 0.2) is 29.2 Å². The fourth-order valence-corrected chi connectivity index (χ4v) is 2.66. The molecule has 0 spiro atoms. The van der Waals surface area contributed by atoms with Crippen LogP contribution in [0.2, 0.25) is 0 Å². The van der Waals surface area contributed by atoms with Gasteiger partial charge in [0.25, 0.3) is 0 Å². The standard InChI is InChI=1S/C13H17N3O3S/c1-10(2)15-13(17)9-16(3)20(18,19)12-6-4-11(8-14)5-7-12/h4-7,10H,9H2,1-3H3,(H,15,17). The number of benzene rings is 1. The second-order valence-electron chi connectivity index (χ2n) is 4.62. The maximum absolute atomic E-state index is 12.2. The molecule has 1 amide bonds. The van der Waals surface area contributed by atoms with Crippen LogP contribution in [0.5, 0.6) is 0 Å². The zero-order valence-corrected chi connectivity index (χ0v) is 12.4. The summed E-state index contributed by atoms with van der Waals surface area (Å²) in [5, 5.41) is 11.3. The number of likely N-dealkylation sites (N-methyl/N-ethyl adjacent to an activating group) is 1. The first kappa shape index (κ1) is 16.1. The highest BCUT2D eigenvalue weighted by molar-refractivity contribution is 7.89. The average molecular weight is 295 g/mol. The lowest BCUT2D eigenvalue weighted by Gasteiger charge is -2.17. The summed E-state index contributed by atoms with van der Waals surface area (Å²) in [6.45, 7) is 3.35. The van der Waals surface area contributed by atoms with Crippen LogP contribution in [0.3, 0.4) is 0 Å². The van der Waals surface area contributed by atoms with Crippen molar-refractivity contribution in [2.75, 3.05) is 13.6 Å². The van der Waals surface area contributed by atoms with Crippen LogP contribution in [-0.2, 0) is 14.8 Å². The normalized spacial score (nSPS) is 11.4. The lowest BCUT2D eigenvalue weighted by atomic mass is 10.2. The van der Waals surface area contributed by atoms with Gasteiger partial charge in [-0.2, -0.15) is 9.57 Å². The fraction of sp³-hybridized carbons (Fsp3) is 0.385. The number of nitrogens with zero attached hydrogens (tertiary/aromatic N) is 2. The number of hydrogen-bond donors (Lipinski definition) is 1. The first-order valence-electron chi connectivity index (χ1n) is 6.03. The molecule has 0 fully saturated rings. The molecule has 0 saturated heterocycles. The van der Waals surface area contributed by atoms with Gasteiger partial charge >= 0.3 is 0 Å². The number of hydrogen-bond acceptors (Lipinski definition) is 4. The van der Waals surface area contributed by atoms with Gasteiger partial charge in [0.05, 0.1) is 23.1 Å². The molecule has 1 aromatic rings. The van der Waals surface area contributed by atoms with Gasteiger partial charge in [-0.1, -0.05) is 0 Å². The molecule has 0 heterocycles. The van der Waals surface area contributed by atoms with E-state index >= 15 is 0 Å². The Labute approximate surface area is 119 Å². The summed E-state index contributed by atoms with van der Waals surface area (Å²) in [4.78, 5) is 11.6. The molecule has 0 radical (unpaired) electrons. The van der Waals surface area contributed by atoms with Gasteiger partial charge in [-0.05, 0) is 38.1 Å². The topological polar surface area (TPSA) is 90.3 Å². The van der Waals surface area contributed by atoms with E-state index in [1.54, 1.807) is 13.8 Å². The Balaban J connectivity index is 2.87. The summed E-state index contributed by atoms with van der Waals surface area (Å²) in [6, 6.07) is 7.42. The molecule has 108 valence electrons. The maximum Gasteiger partial charge on any atom is 0.243 e. The maximum atomic E-state index is 12.2. The second-order valence-corrected chi connectivity index (χ2v) is 6.66. The van der Waals surface area contributed by atoms with Gasteiger partial charge in [0.15, 0.2) is 0 Å². The van der Waals surface area contributed by atoms with Crippen LogP contribution >= 0.6 is 0 Å². The molecular formula is C13H17N3O3S. The van der Waals surface area contributed by atoms with Crippen LogP contribution in [0.4, 0.5) is 0 Å². The first-order chi connectivity index (χ1) is 9.27. The molecule has 1 rings (SSSR count). The van der Waals surface area contributed by atoms with Crippen LogP contribution in [0, 0.1) is 11.3 Å². The minimum absolute atomic E-state index is 0.0477. The Morgan fingerprint density at radius 2 is 1.90 bits per heavy atom. The Morgan fingerprint density at radius 3 is 2.35 bits per heavy atom. The van der Waals surface area contributed by atoms with Crippen molar-refractivity contribution in [3.63, 3.8) is 0 Å². The lowest BCUT2D eigenvalue weighted by molar-refractivity contribution is -0.121. The van der Waals surface area contributed by atoms with Crippen molar-refractivity contribution in [2.24, 2.45) is 0 Å². The minimum Gasteiger partial charge on any atom is -0.353 e. The van der Waals surface area contributed by atoms with Gasteiger partial charge in [-0.3, -0.25) is 4.79 Å². The Kier molecular flexibility index (Phi) is 5.25. The number of nitrogens with one attached hydrogen (secondary N) is 1. The number of amides is 1. The van der Waals surface area contributed by atoms with Gasteiger partial charge in [0.1, 0.15) is 0 Å². The van der Waals surface area contributed by atoms with E-state index in [0.717, 1.165) is 4.31 Å². The average Bonchev–Trinajstić information content (AvgIpc) is 2.37. The smallest absolute Gasteiger partial charge is 0.243 e. The molecule has 7 heteroatoms. The molecule has 20 heavy (non-hydrogen) atoms. The van der Waals surface area contributed by atoms with Crippen molar-refractivity contribution in [3.05, 3.63) is 29.8 Å². The van der Waals surface area contributed by atoms with E-state index < -0.39 is 10.0 Å². The van der Waals surface area contributed by atoms with Crippen molar-refractivity contribution >= 4 is 15.9 Å². The zero-order chi connectivity index (χ0) is 15.3. The van der Waals surface area contributed by atoms with E-state index in [9.17, 15) is 13.2 Å². The van der Waals surface area contributed by atoms with Gasteiger partial charge < -0.3 is 5.32 Å². The number of rotatable bonds is 5. The summed E-state index contributed by atoms with van der Waals surface area (Å²) < 4.78 is 25.4. The summed E-state index contributed by atoms with van der Waals surface area (Å²) >= 11 is 0. The summed E-state index contributed by atoms with van der Waals surface area (Å²) in [6.07, 6.45) is 0. The lowest BCUT2D eigenvalue weighted by Crippen LogP contribution is -2.40. The number of carbonyl (C=O) groups excluding carboxylic acids is 1. The van der Waals surface area contributed by atoms with E-state index in [1.807, 2.05) is 6.07 Å². The molecule has 1 aromatic carbocycles. The molecule has 0 unspecified atom stereocenters. The SMILES string of the molecule is CC(C)NC(=O)CN(C)S(=O)(=O)c1ccc(C#N)cc1. The highest BCUT2D eigenvalue weighted by Crippen LogP contribution is 2.14. The van der Waals surface area contributed by atoms with E-state index in [1.165, 1.54) is 31.3 Å². The van der Waals surface area contributed by atoms with Crippen LogP contribution in [0.1, 0.15) is 19.4 Å². The highest BCUT2D eigenvalue weighted by Gasteiger charge is 2.22. The second kappa shape index (κ2) is 6.50. The highest BCUT2D eigenvalue weighted by atomic mass is 32.2. The van der Waals surface area contributed by atoms with Gasteiger partial charge in [-0.15, -0.1) is 0 Å². The predicted octanol–water partition coefficient (Wildman–Crippen LogP) is 0.703. The Morgan fingerprint density at radius 1 is 1.35 bits per heavy atom. The largest absolute Gasteiger partial charge is 0.353 e. The Bertz CT molecular complexity index is 615. The number of carbonyl (C=O) groups is 1. The van der Waals surface area contributed by atoms with Crippen molar-refractivity contribution in [1.29, 1.82) is 5.26 Å². The van der Waals surface area contributed by atoms with Crippen molar-refractivity contribution < 1.29 is 13.2 Å². The molecule has 0 aliphatic rings. The third-order valence-corrected chi connectivity index (χ3v) is 4.33. The Hall–Kier alpha value is -1.91. The van der Waals surface area contributed by atoms with E-state index in [-0.39, 0.29) is 23.4 Å². The quantitative estimate of drug-likeness (QED) is 0.866. The third kappa shape index (κ3) is 4.05. The molecule has 6 nitrogen and oxygen atoms in total. The van der Waals surface area contributed by atoms with Crippen LogP contribution in [-0.4, -0.2) is 38.3 Å². The van der Waals surface area contributed by atoms with Crippen molar-refractivity contribution in [1.82, 2.24) is 9.62 Å². The molecule has 0 saturated carbocycles. The molecule has 0 aliphatic heterocycles. The number of nitriles is 1. The summed E-state index contributed by atoms with van der Waals surface area (Å²) in [5.41, 5.74) is 0.379. The van der Waals surface area contributed by atoms with Crippen molar-refractivity contribution in [3.8, 4) is 6.07 Å². The summed E-state index contributed by atoms with van der Waals surface area (Å²) in [7, 11) is -2.39. The minimum atomic E-state index is -3.73. The zero-order valence-electron chi connectivity index (χ0n) is 11.6. The van der Waals surface area contributed by atoms with E-state index in [4.69, 9.17) is 5.26 Å². The van der Waals surface area contributed by atoms with Gasteiger partial charge in [0, 0.05) is 13.1 Å². The molecule has 0 aliphatic carbocycles. The van der Waals surface area contributed by atoms with E-state index in [2.05, 4.69) is 5.32 Å². The van der Waals surface area contributed by atoms with Crippen LogP contribution < -0.4 is 5.32 Å². The molecular weight excluding hydrogens is 278 g/mol. The van der Waals surface area contributed by atoms with Crippen molar-refractivity contribution in [2.45, 2.75) is 24.8 Å². The fourth-order valence-electron chi connectivity index (χ4n) is 1.54. The van der Waals surface area contributed by atoms with Gasteiger partial charge in [0.2, 0.25) is 15.9 Å². The molecule has 0 bridgehead atoms. The number of sulfonamides is 1. The molecule has 0 atom stereocenters. The third-order valence-electron chi connectivity index (χ3n) is 2.51. The first-order valence-corrected chi connectivity index (χ1v) is 7.47. The van der Waals surface area contributed by atoms with E-state index in [0.29, 0.717) is 5.56 Å². The molecule has 0 aromatic heterocycles. The van der Waals surface area contributed by atoms with Crippen LogP contribution in [0.25, 0.3) is 0 Å². The van der Waals surface area contributed by atoms with Gasteiger partial charge in [-0.25, -0.2) is 8.42 Å². The summed E-state index contributed by atoms with van der Waals surface area (Å²) in [5.74, 6) is -0.361. The molecule has 1 N–H and O–H groups in total.